The molecule has 0 amide bonds. The van der Waals surface area contributed by atoms with Crippen LogP contribution in [0.3, 0.4) is 0 Å². The van der Waals surface area contributed by atoms with E-state index in [1.807, 2.05) is 42.5 Å². The largest absolute Gasteiger partial charge is 0.369 e. The van der Waals surface area contributed by atoms with E-state index in [9.17, 15) is 0 Å². The van der Waals surface area contributed by atoms with Crippen LogP contribution >= 0.6 is 11.6 Å². The van der Waals surface area contributed by atoms with E-state index in [-0.39, 0.29) is 0 Å². The molecular weight excluding hydrogens is 336 g/mol. The van der Waals surface area contributed by atoms with Gasteiger partial charge in [0, 0.05) is 29.9 Å². The van der Waals surface area contributed by atoms with Gasteiger partial charge in [-0.3, -0.25) is 4.98 Å². The lowest BCUT2D eigenvalue weighted by Gasteiger charge is -2.07. The van der Waals surface area contributed by atoms with Crippen molar-refractivity contribution >= 4 is 28.5 Å². The Hall–Kier alpha value is -2.99. The third-order valence-corrected chi connectivity index (χ3v) is 4.09. The average Bonchev–Trinajstić information content (AvgIpc) is 3.08. The third kappa shape index (κ3) is 3.29. The molecule has 0 aliphatic carbocycles. The van der Waals surface area contributed by atoms with Crippen LogP contribution in [0.2, 0.25) is 5.02 Å². The van der Waals surface area contributed by atoms with Gasteiger partial charge in [-0.05, 0) is 36.4 Å². The molecular formula is C18H15ClN6. The summed E-state index contributed by atoms with van der Waals surface area (Å²) in [6.45, 7) is 0.731. The van der Waals surface area contributed by atoms with Crippen LogP contribution in [0.25, 0.3) is 16.7 Å². The number of rotatable bonds is 5. The Kier molecular flexibility index (Phi) is 4.26. The molecule has 0 saturated heterocycles. The van der Waals surface area contributed by atoms with Crippen LogP contribution < -0.4 is 5.32 Å². The van der Waals surface area contributed by atoms with Gasteiger partial charge in [0.2, 0.25) is 0 Å². The zero-order valence-electron chi connectivity index (χ0n) is 13.3. The summed E-state index contributed by atoms with van der Waals surface area (Å²) in [7, 11) is 0. The zero-order chi connectivity index (χ0) is 17.1. The minimum atomic E-state index is 0.687. The molecule has 0 aliphatic rings. The molecule has 1 aromatic carbocycles. The van der Waals surface area contributed by atoms with Crippen LogP contribution in [0.5, 0.6) is 0 Å². The van der Waals surface area contributed by atoms with E-state index < -0.39 is 0 Å². The predicted octanol–water partition coefficient (Wildman–Crippen LogP) is 3.52. The van der Waals surface area contributed by atoms with Crippen LogP contribution in [0, 0.1) is 0 Å². The van der Waals surface area contributed by atoms with Crippen molar-refractivity contribution < 1.29 is 0 Å². The van der Waals surface area contributed by atoms with E-state index >= 15 is 0 Å². The lowest BCUT2D eigenvalue weighted by molar-refractivity contribution is 0.895. The molecule has 124 valence electrons. The van der Waals surface area contributed by atoms with Gasteiger partial charge in [-0.25, -0.2) is 14.6 Å². The first-order valence-electron chi connectivity index (χ1n) is 7.90. The number of fused-ring (bicyclic) bond motifs is 1. The van der Waals surface area contributed by atoms with Crippen LogP contribution in [0.1, 0.15) is 5.69 Å². The Bertz CT molecular complexity index is 982. The van der Waals surface area contributed by atoms with E-state index in [2.05, 4.69) is 25.4 Å². The maximum absolute atomic E-state index is 5.95. The number of benzene rings is 1. The molecule has 0 unspecified atom stereocenters. The van der Waals surface area contributed by atoms with Crippen molar-refractivity contribution in [2.24, 2.45) is 0 Å². The molecule has 0 atom stereocenters. The monoisotopic (exact) mass is 350 g/mol. The van der Waals surface area contributed by atoms with Crippen LogP contribution in [-0.4, -0.2) is 31.3 Å². The highest BCUT2D eigenvalue weighted by atomic mass is 35.5. The summed E-state index contributed by atoms with van der Waals surface area (Å²) in [5.41, 5.74) is 2.69. The predicted molar refractivity (Wildman–Crippen MR) is 98.1 cm³/mol. The first kappa shape index (κ1) is 15.5. The Morgan fingerprint density at radius 1 is 1.00 bits per heavy atom. The van der Waals surface area contributed by atoms with Gasteiger partial charge in [0.25, 0.3) is 0 Å². The molecule has 0 aliphatic heterocycles. The summed E-state index contributed by atoms with van der Waals surface area (Å²) in [5.74, 6) is 0.765. The minimum absolute atomic E-state index is 0.687. The molecule has 1 N–H and O–H groups in total. The SMILES string of the molecule is Clc1ccc(-n2ncc3c(NCCc4ccccn4)ncnc32)cc1. The van der Waals surface area contributed by atoms with Gasteiger partial charge in [0.1, 0.15) is 12.1 Å². The standard InChI is InChI=1S/C18H15ClN6/c19-13-4-6-15(7-5-13)25-18-16(11-24-25)17(22-12-23-18)21-10-8-14-3-1-2-9-20-14/h1-7,9,11-12H,8,10H2,(H,21,22,23). The third-order valence-electron chi connectivity index (χ3n) is 3.84. The number of hydrogen-bond acceptors (Lipinski definition) is 5. The summed E-state index contributed by atoms with van der Waals surface area (Å²) in [6, 6.07) is 13.4. The van der Waals surface area contributed by atoms with E-state index in [1.54, 1.807) is 23.4 Å². The fraction of sp³-hybridized carbons (Fsp3) is 0.111. The van der Waals surface area contributed by atoms with E-state index in [4.69, 9.17) is 11.6 Å². The Morgan fingerprint density at radius 2 is 1.88 bits per heavy atom. The van der Waals surface area contributed by atoms with Gasteiger partial charge >= 0.3 is 0 Å². The summed E-state index contributed by atoms with van der Waals surface area (Å²) >= 11 is 5.95. The fourth-order valence-corrected chi connectivity index (χ4v) is 2.74. The first-order valence-corrected chi connectivity index (χ1v) is 8.27. The second-order valence-electron chi connectivity index (χ2n) is 5.49. The highest BCUT2D eigenvalue weighted by Gasteiger charge is 2.11. The molecule has 0 bridgehead atoms. The molecule has 0 saturated carbocycles. The number of nitrogens with zero attached hydrogens (tertiary/aromatic N) is 5. The molecule has 0 spiro atoms. The maximum atomic E-state index is 5.95. The van der Waals surface area contributed by atoms with Crippen LogP contribution in [-0.2, 0) is 6.42 Å². The number of halogens is 1. The number of aromatic nitrogens is 5. The minimum Gasteiger partial charge on any atom is -0.369 e. The highest BCUT2D eigenvalue weighted by Crippen LogP contribution is 2.22. The lowest BCUT2D eigenvalue weighted by Crippen LogP contribution is -2.08. The molecule has 3 heterocycles. The van der Waals surface area contributed by atoms with Gasteiger partial charge in [-0.1, -0.05) is 17.7 Å². The average molecular weight is 351 g/mol. The molecule has 4 aromatic rings. The van der Waals surface area contributed by atoms with Crippen molar-refractivity contribution in [3.63, 3.8) is 0 Å². The summed E-state index contributed by atoms with van der Waals surface area (Å²) in [5, 5.41) is 9.35. The molecule has 25 heavy (non-hydrogen) atoms. The first-order chi connectivity index (χ1) is 12.3. The Balaban J connectivity index is 1.57. The number of pyridine rings is 1. The summed E-state index contributed by atoms with van der Waals surface area (Å²) < 4.78 is 1.78. The normalized spacial score (nSPS) is 10.9. The van der Waals surface area contributed by atoms with Gasteiger partial charge in [0.15, 0.2) is 5.65 Å². The molecule has 0 fully saturated rings. The molecule has 4 rings (SSSR count). The van der Waals surface area contributed by atoms with Crippen LogP contribution in [0.4, 0.5) is 5.82 Å². The van der Waals surface area contributed by atoms with E-state index in [0.29, 0.717) is 5.02 Å². The number of anilines is 1. The van der Waals surface area contributed by atoms with Crippen molar-refractivity contribution in [3.05, 3.63) is 71.9 Å². The summed E-state index contributed by atoms with van der Waals surface area (Å²) in [4.78, 5) is 13.0. The number of nitrogens with one attached hydrogen (secondary N) is 1. The van der Waals surface area contributed by atoms with Crippen molar-refractivity contribution in [1.29, 1.82) is 0 Å². The molecule has 0 radical (unpaired) electrons. The quantitative estimate of drug-likeness (QED) is 0.596. The topological polar surface area (TPSA) is 68.5 Å². The van der Waals surface area contributed by atoms with Gasteiger partial charge in [-0.15, -0.1) is 0 Å². The molecule has 6 nitrogen and oxygen atoms in total. The van der Waals surface area contributed by atoms with Crippen molar-refractivity contribution in [2.45, 2.75) is 6.42 Å². The smallest absolute Gasteiger partial charge is 0.168 e. The highest BCUT2D eigenvalue weighted by molar-refractivity contribution is 6.30. The van der Waals surface area contributed by atoms with Crippen molar-refractivity contribution in [1.82, 2.24) is 24.7 Å². The summed E-state index contributed by atoms with van der Waals surface area (Å²) in [6.07, 6.45) is 5.93. The van der Waals surface area contributed by atoms with Gasteiger partial charge in [0.05, 0.1) is 17.3 Å². The van der Waals surface area contributed by atoms with Gasteiger partial charge in [-0.2, -0.15) is 5.10 Å². The lowest BCUT2D eigenvalue weighted by atomic mass is 10.2. The van der Waals surface area contributed by atoms with Crippen LogP contribution in [0.15, 0.2) is 61.2 Å². The molecule has 3 aromatic heterocycles. The molecule has 7 heteroatoms. The van der Waals surface area contributed by atoms with Crippen molar-refractivity contribution in [2.75, 3.05) is 11.9 Å². The number of hydrogen-bond donors (Lipinski definition) is 1. The second kappa shape index (κ2) is 6.86. The van der Waals surface area contributed by atoms with E-state index in [0.717, 1.165) is 41.2 Å². The zero-order valence-corrected chi connectivity index (χ0v) is 14.1. The van der Waals surface area contributed by atoms with Crippen molar-refractivity contribution in [3.8, 4) is 5.69 Å². The Labute approximate surface area is 149 Å². The van der Waals surface area contributed by atoms with Gasteiger partial charge < -0.3 is 5.32 Å². The Morgan fingerprint density at radius 3 is 2.68 bits per heavy atom. The maximum Gasteiger partial charge on any atom is 0.168 e. The fourth-order valence-electron chi connectivity index (χ4n) is 2.61. The van der Waals surface area contributed by atoms with E-state index in [1.165, 1.54) is 0 Å². The second-order valence-corrected chi connectivity index (χ2v) is 5.93.